The van der Waals surface area contributed by atoms with Crippen molar-refractivity contribution in [2.75, 3.05) is 24.2 Å². The average molecular weight is 220 g/mol. The minimum Gasteiger partial charge on any atom is -0.492 e. The van der Waals surface area contributed by atoms with E-state index < -0.39 is 0 Å². The van der Waals surface area contributed by atoms with E-state index in [9.17, 15) is 0 Å². The van der Waals surface area contributed by atoms with Crippen molar-refractivity contribution >= 4 is 12.0 Å². The zero-order chi connectivity index (χ0) is 11.2. The van der Waals surface area contributed by atoms with Gasteiger partial charge in [0.2, 0.25) is 0 Å². The molecule has 6 heteroatoms. The van der Waals surface area contributed by atoms with Gasteiger partial charge < -0.3 is 20.2 Å². The van der Waals surface area contributed by atoms with Gasteiger partial charge in [0, 0.05) is 0 Å². The number of nitrogens with one attached hydrogen (secondary N) is 1. The number of hydrogen-bond donors (Lipinski definition) is 2. The zero-order valence-corrected chi connectivity index (χ0v) is 8.59. The van der Waals surface area contributed by atoms with Crippen molar-refractivity contribution in [3.63, 3.8) is 0 Å². The topological polar surface area (TPSA) is 86.2 Å². The Balaban J connectivity index is 1.69. The largest absolute Gasteiger partial charge is 0.492 e. The molecule has 2 aromatic rings. The van der Waals surface area contributed by atoms with Crippen LogP contribution in [-0.4, -0.2) is 23.3 Å². The molecule has 0 aliphatic heterocycles. The van der Waals surface area contributed by atoms with Crippen molar-refractivity contribution in [1.29, 1.82) is 0 Å². The summed E-state index contributed by atoms with van der Waals surface area (Å²) in [6, 6.07) is 9.91. The van der Waals surface area contributed by atoms with Crippen molar-refractivity contribution in [1.82, 2.24) is 10.2 Å². The van der Waals surface area contributed by atoms with E-state index >= 15 is 0 Å². The number of nitrogen functional groups attached to an aromatic ring is 1. The molecule has 0 aliphatic carbocycles. The fourth-order valence-electron chi connectivity index (χ4n) is 1.15. The molecule has 0 aliphatic rings. The molecule has 0 amide bonds. The summed E-state index contributed by atoms with van der Waals surface area (Å²) in [7, 11) is 0. The first-order chi connectivity index (χ1) is 7.84. The molecule has 0 radical (unpaired) electrons. The van der Waals surface area contributed by atoms with Gasteiger partial charge in [-0.1, -0.05) is 28.4 Å². The van der Waals surface area contributed by atoms with E-state index in [4.69, 9.17) is 14.9 Å². The van der Waals surface area contributed by atoms with Gasteiger partial charge in [0.1, 0.15) is 12.4 Å². The number of anilines is 2. The molecule has 0 saturated carbocycles. The van der Waals surface area contributed by atoms with Crippen LogP contribution in [0.2, 0.25) is 0 Å². The van der Waals surface area contributed by atoms with E-state index in [1.54, 1.807) is 0 Å². The van der Waals surface area contributed by atoms with Crippen LogP contribution in [0.15, 0.2) is 34.7 Å². The summed E-state index contributed by atoms with van der Waals surface area (Å²) in [4.78, 5) is 0. The first-order valence-electron chi connectivity index (χ1n) is 4.85. The van der Waals surface area contributed by atoms with Crippen LogP contribution in [0.3, 0.4) is 0 Å². The molecule has 0 unspecified atom stereocenters. The molecule has 0 atom stereocenters. The van der Waals surface area contributed by atoms with Crippen LogP contribution in [0.25, 0.3) is 0 Å². The van der Waals surface area contributed by atoms with Crippen LogP contribution in [0, 0.1) is 0 Å². The van der Waals surface area contributed by atoms with E-state index in [2.05, 4.69) is 15.5 Å². The second-order valence-electron chi connectivity index (χ2n) is 3.03. The summed E-state index contributed by atoms with van der Waals surface area (Å²) < 4.78 is 10.4. The van der Waals surface area contributed by atoms with Crippen LogP contribution < -0.4 is 15.8 Å². The van der Waals surface area contributed by atoms with E-state index in [0.29, 0.717) is 19.2 Å². The lowest BCUT2D eigenvalue weighted by Gasteiger charge is -2.05. The standard InChI is InChI=1S/C10H12N4O2/c11-9-13-14-10(16-9)12-6-7-15-8-4-2-1-3-5-8/h1-5H,6-7H2,(H2,11,13)(H,12,14). The zero-order valence-electron chi connectivity index (χ0n) is 8.59. The highest BCUT2D eigenvalue weighted by Gasteiger charge is 2.00. The third kappa shape index (κ3) is 2.88. The lowest BCUT2D eigenvalue weighted by atomic mass is 10.3. The molecule has 0 spiro atoms. The van der Waals surface area contributed by atoms with Crippen LogP contribution in [0.1, 0.15) is 0 Å². The maximum atomic E-state index is 5.45. The second kappa shape index (κ2) is 5.01. The number of benzene rings is 1. The third-order valence-corrected chi connectivity index (χ3v) is 1.83. The summed E-state index contributed by atoms with van der Waals surface area (Å²) in [6.07, 6.45) is 0. The number of aromatic nitrogens is 2. The van der Waals surface area contributed by atoms with Crippen molar-refractivity contribution in [3.05, 3.63) is 30.3 Å². The van der Waals surface area contributed by atoms with Crippen LogP contribution >= 0.6 is 0 Å². The predicted molar refractivity (Wildman–Crippen MR) is 59.1 cm³/mol. The van der Waals surface area contributed by atoms with Gasteiger partial charge in [-0.15, -0.1) is 0 Å². The first-order valence-corrected chi connectivity index (χ1v) is 4.85. The summed E-state index contributed by atoms with van der Waals surface area (Å²) in [5, 5.41) is 10.1. The van der Waals surface area contributed by atoms with Crippen molar-refractivity contribution in [2.24, 2.45) is 0 Å². The van der Waals surface area contributed by atoms with E-state index in [0.717, 1.165) is 5.75 Å². The third-order valence-electron chi connectivity index (χ3n) is 1.83. The quantitative estimate of drug-likeness (QED) is 0.735. The molecule has 0 saturated heterocycles. The van der Waals surface area contributed by atoms with Crippen molar-refractivity contribution < 1.29 is 9.15 Å². The number of nitrogens with zero attached hydrogens (tertiary/aromatic N) is 2. The molecule has 0 bridgehead atoms. The second-order valence-corrected chi connectivity index (χ2v) is 3.03. The Morgan fingerprint density at radius 3 is 2.75 bits per heavy atom. The molecule has 84 valence electrons. The Bertz CT molecular complexity index is 429. The minimum absolute atomic E-state index is 0.0477. The SMILES string of the molecule is Nc1nnc(NCCOc2ccccc2)o1. The summed E-state index contributed by atoms with van der Waals surface area (Å²) >= 11 is 0. The number of ether oxygens (including phenoxy) is 1. The highest BCUT2D eigenvalue weighted by atomic mass is 16.5. The maximum absolute atomic E-state index is 5.45. The van der Waals surface area contributed by atoms with Gasteiger partial charge in [-0.05, 0) is 12.1 Å². The predicted octanol–water partition coefficient (Wildman–Crippen LogP) is 1.14. The van der Waals surface area contributed by atoms with Gasteiger partial charge >= 0.3 is 12.0 Å². The Morgan fingerprint density at radius 2 is 2.06 bits per heavy atom. The fourth-order valence-corrected chi connectivity index (χ4v) is 1.15. The van der Waals surface area contributed by atoms with Gasteiger partial charge in [0.05, 0.1) is 6.54 Å². The van der Waals surface area contributed by atoms with Gasteiger partial charge in [-0.2, -0.15) is 0 Å². The summed E-state index contributed by atoms with van der Waals surface area (Å²) in [5.74, 6) is 0.828. The van der Waals surface area contributed by atoms with Gasteiger partial charge in [0.15, 0.2) is 0 Å². The molecule has 3 N–H and O–H groups in total. The molecule has 2 rings (SSSR count). The number of para-hydroxylation sites is 1. The Labute approximate surface area is 92.4 Å². The van der Waals surface area contributed by atoms with E-state index in [1.165, 1.54) is 0 Å². The number of rotatable bonds is 5. The lowest BCUT2D eigenvalue weighted by Crippen LogP contribution is -2.11. The molecular formula is C10H12N4O2. The molecule has 1 heterocycles. The lowest BCUT2D eigenvalue weighted by molar-refractivity contribution is 0.331. The number of nitrogens with two attached hydrogens (primary N) is 1. The summed E-state index contributed by atoms with van der Waals surface area (Å²) in [6.45, 7) is 1.07. The number of hydrogen-bond acceptors (Lipinski definition) is 6. The van der Waals surface area contributed by atoms with Crippen molar-refractivity contribution in [3.8, 4) is 5.75 Å². The monoisotopic (exact) mass is 220 g/mol. The van der Waals surface area contributed by atoms with Crippen LogP contribution in [-0.2, 0) is 0 Å². The Morgan fingerprint density at radius 1 is 1.25 bits per heavy atom. The molecule has 6 nitrogen and oxygen atoms in total. The van der Waals surface area contributed by atoms with Crippen LogP contribution in [0.5, 0.6) is 5.75 Å². The van der Waals surface area contributed by atoms with Gasteiger partial charge in [-0.3, -0.25) is 0 Å². The molecule has 1 aromatic heterocycles. The fraction of sp³-hybridized carbons (Fsp3) is 0.200. The molecule has 0 fully saturated rings. The minimum atomic E-state index is 0.0477. The van der Waals surface area contributed by atoms with E-state index in [1.807, 2.05) is 30.3 Å². The highest BCUT2D eigenvalue weighted by molar-refractivity contribution is 5.23. The van der Waals surface area contributed by atoms with E-state index in [-0.39, 0.29) is 6.01 Å². The van der Waals surface area contributed by atoms with Crippen LogP contribution in [0.4, 0.5) is 12.0 Å². The first kappa shape index (κ1) is 10.3. The smallest absolute Gasteiger partial charge is 0.316 e. The highest BCUT2D eigenvalue weighted by Crippen LogP contribution is 2.08. The van der Waals surface area contributed by atoms with Crippen molar-refractivity contribution in [2.45, 2.75) is 0 Å². The summed E-state index contributed by atoms with van der Waals surface area (Å²) in [5.41, 5.74) is 5.26. The Kier molecular flexibility index (Phi) is 3.22. The van der Waals surface area contributed by atoms with Gasteiger partial charge in [-0.25, -0.2) is 0 Å². The molecule has 1 aromatic carbocycles. The normalized spacial score (nSPS) is 10.0. The average Bonchev–Trinajstić information content (AvgIpc) is 2.72. The maximum Gasteiger partial charge on any atom is 0.316 e. The molecular weight excluding hydrogens is 208 g/mol. The molecule has 16 heavy (non-hydrogen) atoms. The van der Waals surface area contributed by atoms with Gasteiger partial charge in [0.25, 0.3) is 0 Å². The Hall–Kier alpha value is -2.24.